The zero-order valence-electron chi connectivity index (χ0n) is 14.1. The van der Waals surface area contributed by atoms with E-state index in [1.54, 1.807) is 30.3 Å². The van der Waals surface area contributed by atoms with Gasteiger partial charge < -0.3 is 25.6 Å². The van der Waals surface area contributed by atoms with Crippen LogP contribution in [-0.4, -0.2) is 37.2 Å². The molecule has 1 aliphatic rings. The summed E-state index contributed by atoms with van der Waals surface area (Å²) >= 11 is 0. The number of carboxylic acid groups (broad SMARTS) is 1. The van der Waals surface area contributed by atoms with Gasteiger partial charge in [-0.05, 0) is 36.2 Å². The smallest absolute Gasteiger partial charge is 0.309 e. The lowest BCUT2D eigenvalue weighted by Gasteiger charge is -2.19. The Morgan fingerprint density at radius 3 is 2.81 bits per heavy atom. The number of carbonyl (C=O) groups is 2. The molecule has 27 heavy (non-hydrogen) atoms. The monoisotopic (exact) mass is 367 g/mol. The third kappa shape index (κ3) is 2.89. The van der Waals surface area contributed by atoms with E-state index >= 15 is 0 Å². The van der Waals surface area contributed by atoms with Crippen LogP contribution in [0.15, 0.2) is 36.4 Å². The van der Waals surface area contributed by atoms with E-state index in [2.05, 4.69) is 15.3 Å². The van der Waals surface area contributed by atoms with E-state index in [9.17, 15) is 19.8 Å². The summed E-state index contributed by atoms with van der Waals surface area (Å²) in [6, 6.07) is 8.97. The van der Waals surface area contributed by atoms with E-state index in [4.69, 9.17) is 5.11 Å². The first-order chi connectivity index (χ1) is 13.0. The number of fused-ring (bicyclic) bond motifs is 2. The number of aromatic hydroxyl groups is 1. The molecule has 0 radical (unpaired) electrons. The molecule has 1 aromatic heterocycles. The maximum Gasteiger partial charge on any atom is 0.309 e. The molecule has 0 spiro atoms. The number of aliphatic hydroxyl groups excluding tert-OH is 1. The third-order valence-corrected chi connectivity index (χ3v) is 4.90. The van der Waals surface area contributed by atoms with Gasteiger partial charge in [0.05, 0.1) is 23.0 Å². The molecule has 1 aliphatic carbocycles. The molecule has 2 aromatic carbocycles. The number of aromatic amines is 1. The molecule has 2 atom stereocenters. The van der Waals surface area contributed by atoms with Crippen molar-refractivity contribution in [3.8, 4) is 5.75 Å². The summed E-state index contributed by atoms with van der Waals surface area (Å²) in [7, 11) is 0. The van der Waals surface area contributed by atoms with Gasteiger partial charge in [0.25, 0.3) is 5.91 Å². The Kier molecular flexibility index (Phi) is 4.04. The van der Waals surface area contributed by atoms with Crippen molar-refractivity contribution in [3.05, 3.63) is 58.9 Å². The highest BCUT2D eigenvalue weighted by Gasteiger charge is 2.39. The number of H-pyrrole nitrogens is 1. The van der Waals surface area contributed by atoms with Crippen LogP contribution in [0.25, 0.3) is 11.0 Å². The average Bonchev–Trinajstić information content (AvgIpc) is 3.23. The van der Waals surface area contributed by atoms with Crippen molar-refractivity contribution in [3.63, 3.8) is 0 Å². The van der Waals surface area contributed by atoms with Crippen molar-refractivity contribution >= 4 is 22.9 Å². The number of carboxylic acids is 1. The van der Waals surface area contributed by atoms with E-state index < -0.39 is 23.8 Å². The molecular formula is C19H17N3O5. The molecule has 8 heteroatoms. The van der Waals surface area contributed by atoms with Crippen LogP contribution in [0.5, 0.6) is 5.75 Å². The van der Waals surface area contributed by atoms with Crippen LogP contribution in [0.1, 0.15) is 33.4 Å². The van der Waals surface area contributed by atoms with Gasteiger partial charge in [-0.2, -0.15) is 0 Å². The molecule has 4 rings (SSSR count). The number of aliphatic carboxylic acids is 1. The van der Waals surface area contributed by atoms with E-state index in [1.165, 1.54) is 6.07 Å². The highest BCUT2D eigenvalue weighted by atomic mass is 16.4. The number of phenolic OH excluding ortho intramolecular Hbond substituents is 1. The first-order valence-electron chi connectivity index (χ1n) is 8.42. The summed E-state index contributed by atoms with van der Waals surface area (Å²) in [6.45, 7) is -0.237. The number of hydrogen-bond donors (Lipinski definition) is 5. The number of hydrogen-bond acceptors (Lipinski definition) is 5. The molecule has 0 aliphatic heterocycles. The van der Waals surface area contributed by atoms with Crippen LogP contribution in [-0.2, 0) is 17.8 Å². The van der Waals surface area contributed by atoms with Gasteiger partial charge in [-0.25, -0.2) is 4.98 Å². The van der Waals surface area contributed by atoms with Crippen molar-refractivity contribution < 1.29 is 24.9 Å². The van der Waals surface area contributed by atoms with Crippen LogP contribution in [0.2, 0.25) is 0 Å². The van der Waals surface area contributed by atoms with Gasteiger partial charge in [0.1, 0.15) is 18.2 Å². The van der Waals surface area contributed by atoms with Gasteiger partial charge in [-0.3, -0.25) is 9.59 Å². The minimum Gasteiger partial charge on any atom is -0.508 e. The summed E-state index contributed by atoms with van der Waals surface area (Å²) < 4.78 is 0. The number of nitrogens with zero attached hydrogens (tertiary/aromatic N) is 1. The summed E-state index contributed by atoms with van der Waals surface area (Å²) in [5.74, 6) is -1.88. The second kappa shape index (κ2) is 6.40. The molecule has 0 unspecified atom stereocenters. The Hall–Kier alpha value is -3.39. The van der Waals surface area contributed by atoms with Gasteiger partial charge in [0.2, 0.25) is 0 Å². The molecule has 0 saturated heterocycles. The van der Waals surface area contributed by atoms with Gasteiger partial charge in [-0.15, -0.1) is 0 Å². The molecule has 138 valence electrons. The van der Waals surface area contributed by atoms with Crippen LogP contribution in [0, 0.1) is 5.92 Å². The van der Waals surface area contributed by atoms with Crippen LogP contribution < -0.4 is 5.32 Å². The molecule has 1 amide bonds. The number of rotatable bonds is 4. The summed E-state index contributed by atoms with van der Waals surface area (Å²) in [5.41, 5.74) is 2.72. The lowest BCUT2D eigenvalue weighted by Crippen LogP contribution is -2.34. The minimum atomic E-state index is -1.03. The number of benzene rings is 2. The number of aromatic nitrogens is 2. The first-order valence-corrected chi connectivity index (χ1v) is 8.42. The SMILES string of the molecule is O=C(N[C@H]1c2cccc(O)c2C[C@H]1C(=O)O)c1ccc2nc(CO)[nH]c2c1. The summed E-state index contributed by atoms with van der Waals surface area (Å²) in [5, 5.41) is 31.5. The summed E-state index contributed by atoms with van der Waals surface area (Å²) in [6.07, 6.45) is 0.154. The first kappa shape index (κ1) is 17.0. The molecule has 1 heterocycles. The number of imidazole rings is 1. The van der Waals surface area contributed by atoms with E-state index in [1.807, 2.05) is 0 Å². The van der Waals surface area contributed by atoms with E-state index in [-0.39, 0.29) is 18.8 Å². The van der Waals surface area contributed by atoms with Crippen LogP contribution in [0.3, 0.4) is 0 Å². The van der Waals surface area contributed by atoms with Crippen LogP contribution >= 0.6 is 0 Å². The Bertz CT molecular complexity index is 1060. The maximum absolute atomic E-state index is 12.7. The van der Waals surface area contributed by atoms with E-state index in [0.29, 0.717) is 33.5 Å². The fourth-order valence-electron chi connectivity index (χ4n) is 3.57. The lowest BCUT2D eigenvalue weighted by atomic mass is 10.00. The predicted octanol–water partition coefficient (Wildman–Crippen LogP) is 1.49. The average molecular weight is 367 g/mol. The van der Waals surface area contributed by atoms with Crippen LogP contribution in [0.4, 0.5) is 0 Å². The van der Waals surface area contributed by atoms with Crippen molar-refractivity contribution in [1.29, 1.82) is 0 Å². The number of aliphatic hydroxyl groups is 1. The Labute approximate surface area is 153 Å². The zero-order chi connectivity index (χ0) is 19.1. The van der Waals surface area contributed by atoms with Gasteiger partial charge in [0.15, 0.2) is 0 Å². The number of amides is 1. The normalized spacial score (nSPS) is 18.4. The molecule has 3 aromatic rings. The lowest BCUT2D eigenvalue weighted by molar-refractivity contribution is -0.142. The quantitative estimate of drug-likeness (QED) is 0.474. The molecule has 0 fully saturated rings. The molecular weight excluding hydrogens is 350 g/mol. The standard InChI is InChI=1S/C19H17N3O5/c23-8-16-20-13-5-4-9(6-14(13)21-16)18(25)22-17-10-2-1-3-15(24)11(10)7-12(17)19(26)27/h1-6,12,17,23-24H,7-8H2,(H,20,21)(H,22,25)(H,26,27)/t12-,17+/m1/s1. The van der Waals surface area contributed by atoms with Crippen molar-refractivity contribution in [2.45, 2.75) is 19.1 Å². The Balaban J connectivity index is 1.65. The summed E-state index contributed by atoms with van der Waals surface area (Å²) in [4.78, 5) is 31.5. The van der Waals surface area contributed by atoms with Crippen molar-refractivity contribution in [1.82, 2.24) is 15.3 Å². The van der Waals surface area contributed by atoms with Gasteiger partial charge in [0, 0.05) is 11.1 Å². The second-order valence-corrected chi connectivity index (χ2v) is 6.52. The predicted molar refractivity (Wildman–Crippen MR) is 95.2 cm³/mol. The highest BCUT2D eigenvalue weighted by molar-refractivity contribution is 5.98. The fraction of sp³-hybridized carbons (Fsp3) is 0.211. The molecule has 8 nitrogen and oxygen atoms in total. The fourth-order valence-corrected chi connectivity index (χ4v) is 3.57. The maximum atomic E-state index is 12.7. The second-order valence-electron chi connectivity index (χ2n) is 6.52. The highest BCUT2D eigenvalue weighted by Crippen LogP contribution is 2.40. The van der Waals surface area contributed by atoms with Gasteiger partial charge in [-0.1, -0.05) is 12.1 Å². The topological polar surface area (TPSA) is 136 Å². The molecule has 0 bridgehead atoms. The minimum absolute atomic E-state index is 0.0333. The number of carbonyl (C=O) groups excluding carboxylic acids is 1. The number of phenols is 1. The Morgan fingerprint density at radius 1 is 1.26 bits per heavy atom. The van der Waals surface area contributed by atoms with Crippen molar-refractivity contribution in [2.24, 2.45) is 5.92 Å². The largest absolute Gasteiger partial charge is 0.508 e. The Morgan fingerprint density at radius 2 is 2.07 bits per heavy atom. The molecule has 5 N–H and O–H groups in total. The van der Waals surface area contributed by atoms with Gasteiger partial charge >= 0.3 is 5.97 Å². The van der Waals surface area contributed by atoms with Crippen molar-refractivity contribution in [2.75, 3.05) is 0 Å². The van der Waals surface area contributed by atoms with E-state index in [0.717, 1.165) is 0 Å². The number of nitrogens with one attached hydrogen (secondary N) is 2. The zero-order valence-corrected chi connectivity index (χ0v) is 14.1. The molecule has 0 saturated carbocycles. The third-order valence-electron chi connectivity index (χ3n) is 4.90.